The summed E-state index contributed by atoms with van der Waals surface area (Å²) in [5, 5.41) is 15.2. The summed E-state index contributed by atoms with van der Waals surface area (Å²) in [5.41, 5.74) is 1.50. The Labute approximate surface area is 291 Å². The molecular weight excluding hydrogens is 668 g/mol. The van der Waals surface area contributed by atoms with Crippen LogP contribution in [0, 0.1) is 17.0 Å². The average molecular weight is 707 g/mol. The minimum absolute atomic E-state index is 0.0266. The molecule has 0 heterocycles. The summed E-state index contributed by atoms with van der Waals surface area (Å²) in [7, 11) is -3.09. The Morgan fingerprint density at radius 3 is 2.24 bits per heavy atom. The second-order valence-electron chi connectivity index (χ2n) is 11.4. The van der Waals surface area contributed by atoms with Gasteiger partial charge in [0, 0.05) is 36.2 Å². The zero-order chi connectivity index (χ0) is 35.6. The van der Waals surface area contributed by atoms with E-state index >= 15 is 0 Å². The predicted octanol–water partition coefficient (Wildman–Crippen LogP) is 6.32. The number of halogens is 1. The van der Waals surface area contributed by atoms with Crippen LogP contribution < -0.4 is 14.4 Å². The number of anilines is 1. The Bertz CT molecular complexity index is 1850. The maximum absolute atomic E-state index is 14.6. The molecule has 0 aromatic heterocycles. The Balaban J connectivity index is 1.82. The lowest BCUT2D eigenvalue weighted by Crippen LogP contribution is -2.53. The number of hydrogen-bond acceptors (Lipinski definition) is 7. The van der Waals surface area contributed by atoms with E-state index in [4.69, 9.17) is 16.3 Å². The number of nitro benzene ring substituents is 1. The van der Waals surface area contributed by atoms with Gasteiger partial charge < -0.3 is 15.0 Å². The second kappa shape index (κ2) is 16.9. The first-order chi connectivity index (χ1) is 23.4. The summed E-state index contributed by atoms with van der Waals surface area (Å²) >= 11 is 6.14. The summed E-state index contributed by atoms with van der Waals surface area (Å²) in [6.07, 6.45) is 1.75. The third-order valence-corrected chi connectivity index (χ3v) is 9.99. The highest BCUT2D eigenvalue weighted by Gasteiger charge is 2.35. The molecular formula is C36H39ClN4O7S. The van der Waals surface area contributed by atoms with Crippen molar-refractivity contribution in [2.24, 2.45) is 0 Å². The van der Waals surface area contributed by atoms with E-state index in [1.54, 1.807) is 36.4 Å². The molecule has 0 saturated heterocycles. The molecule has 11 nitrogen and oxygen atoms in total. The van der Waals surface area contributed by atoms with Crippen molar-refractivity contribution in [2.75, 3.05) is 24.5 Å². The van der Waals surface area contributed by atoms with Gasteiger partial charge in [0.05, 0.1) is 22.6 Å². The summed E-state index contributed by atoms with van der Waals surface area (Å²) in [5.74, 6) is -0.593. The van der Waals surface area contributed by atoms with E-state index in [2.05, 4.69) is 5.32 Å². The van der Waals surface area contributed by atoms with Crippen molar-refractivity contribution in [1.29, 1.82) is 0 Å². The van der Waals surface area contributed by atoms with E-state index in [1.807, 2.05) is 37.3 Å². The number of carbonyl (C=O) groups excluding carboxylic acids is 2. The van der Waals surface area contributed by atoms with Crippen LogP contribution in [-0.2, 0) is 32.6 Å². The van der Waals surface area contributed by atoms with Gasteiger partial charge >= 0.3 is 0 Å². The molecule has 0 fully saturated rings. The number of rotatable bonds is 16. The number of unbranched alkanes of at least 4 members (excludes halogenated alkanes) is 1. The fourth-order valence-corrected chi connectivity index (χ4v) is 6.76. The predicted molar refractivity (Wildman–Crippen MR) is 189 cm³/mol. The van der Waals surface area contributed by atoms with Crippen molar-refractivity contribution in [2.45, 2.75) is 50.6 Å². The van der Waals surface area contributed by atoms with Crippen LogP contribution in [0.25, 0.3) is 0 Å². The number of methoxy groups -OCH3 is 1. The summed E-state index contributed by atoms with van der Waals surface area (Å²) in [4.78, 5) is 40.5. The molecule has 0 saturated carbocycles. The standard InChI is InChI=1S/C36H39ClN4O7S/c1-4-5-21-38-36(43)34(22-27-9-7-6-8-10-27)39(24-28-12-14-29(37)15-13-28)35(42)25-40(30-16-18-31(48-3)19-17-30)49(46,47)32-20-11-26(2)33(23-32)41(44)45/h6-20,23,34H,4-5,21-22,24-25H2,1-3H3,(H,38,43). The maximum atomic E-state index is 14.6. The number of ether oxygens (including phenoxy) is 1. The lowest BCUT2D eigenvalue weighted by Gasteiger charge is -2.34. The highest BCUT2D eigenvalue weighted by atomic mass is 35.5. The van der Waals surface area contributed by atoms with Crippen molar-refractivity contribution in [1.82, 2.24) is 10.2 Å². The van der Waals surface area contributed by atoms with Crippen LogP contribution in [0.4, 0.5) is 11.4 Å². The van der Waals surface area contributed by atoms with Crippen LogP contribution in [0.3, 0.4) is 0 Å². The van der Waals surface area contributed by atoms with Crippen LogP contribution in [0.5, 0.6) is 5.75 Å². The van der Waals surface area contributed by atoms with Crippen LogP contribution in [0.15, 0.2) is 102 Å². The van der Waals surface area contributed by atoms with Gasteiger partial charge in [-0.15, -0.1) is 0 Å². The first-order valence-corrected chi connectivity index (χ1v) is 17.5. The SMILES string of the molecule is CCCCNC(=O)C(Cc1ccccc1)N(Cc1ccc(Cl)cc1)C(=O)CN(c1ccc(OC)cc1)S(=O)(=O)c1ccc(C)c([N+](=O)[O-])c1. The molecule has 0 aliphatic heterocycles. The van der Waals surface area contributed by atoms with E-state index in [-0.39, 0.29) is 40.7 Å². The van der Waals surface area contributed by atoms with Crippen LogP contribution in [0.1, 0.15) is 36.5 Å². The van der Waals surface area contributed by atoms with E-state index < -0.39 is 33.4 Å². The zero-order valence-corrected chi connectivity index (χ0v) is 29.1. The summed E-state index contributed by atoms with van der Waals surface area (Å²) in [6, 6.07) is 24.7. The van der Waals surface area contributed by atoms with E-state index in [0.29, 0.717) is 22.9 Å². The van der Waals surface area contributed by atoms with Gasteiger partial charge in [-0.25, -0.2) is 8.42 Å². The van der Waals surface area contributed by atoms with Gasteiger partial charge in [0.15, 0.2) is 0 Å². The normalized spacial score (nSPS) is 11.8. The number of nitro groups is 1. The number of carbonyl (C=O) groups is 2. The molecule has 13 heteroatoms. The molecule has 1 N–H and O–H groups in total. The molecule has 4 rings (SSSR count). The minimum atomic E-state index is -4.55. The van der Waals surface area contributed by atoms with Crippen LogP contribution >= 0.6 is 11.6 Å². The molecule has 0 aliphatic carbocycles. The number of aryl methyl sites for hydroxylation is 1. The molecule has 0 bridgehead atoms. The quantitative estimate of drug-likeness (QED) is 0.0818. The lowest BCUT2D eigenvalue weighted by atomic mass is 10.0. The summed E-state index contributed by atoms with van der Waals surface area (Å²) in [6.45, 7) is 3.17. The van der Waals surface area contributed by atoms with Crippen molar-refractivity contribution in [3.63, 3.8) is 0 Å². The van der Waals surface area contributed by atoms with E-state index in [0.717, 1.165) is 28.8 Å². The Morgan fingerprint density at radius 2 is 1.63 bits per heavy atom. The van der Waals surface area contributed by atoms with Gasteiger partial charge in [0.1, 0.15) is 18.3 Å². The number of nitrogens with zero attached hydrogens (tertiary/aromatic N) is 3. The Morgan fingerprint density at radius 1 is 0.959 bits per heavy atom. The van der Waals surface area contributed by atoms with Crippen molar-refractivity contribution in [3.8, 4) is 5.75 Å². The first kappa shape index (κ1) is 36.9. The van der Waals surface area contributed by atoms with E-state index in [1.165, 1.54) is 43.2 Å². The first-order valence-electron chi connectivity index (χ1n) is 15.7. The van der Waals surface area contributed by atoms with Crippen LogP contribution in [-0.4, -0.2) is 56.3 Å². The van der Waals surface area contributed by atoms with Gasteiger partial charge in [-0.1, -0.05) is 73.5 Å². The second-order valence-corrected chi connectivity index (χ2v) is 13.7. The van der Waals surface area contributed by atoms with Gasteiger partial charge in [-0.3, -0.25) is 24.0 Å². The van der Waals surface area contributed by atoms with Gasteiger partial charge in [-0.2, -0.15) is 0 Å². The molecule has 2 amide bonds. The molecule has 4 aromatic rings. The van der Waals surface area contributed by atoms with Gasteiger partial charge in [0.25, 0.3) is 15.7 Å². The summed E-state index contributed by atoms with van der Waals surface area (Å²) < 4.78 is 34.8. The van der Waals surface area contributed by atoms with Gasteiger partial charge in [0.2, 0.25) is 11.8 Å². The minimum Gasteiger partial charge on any atom is -0.497 e. The molecule has 49 heavy (non-hydrogen) atoms. The number of nitrogens with one attached hydrogen (secondary N) is 1. The van der Waals surface area contributed by atoms with E-state index in [9.17, 15) is 28.1 Å². The Kier molecular flexibility index (Phi) is 12.8. The zero-order valence-electron chi connectivity index (χ0n) is 27.5. The molecule has 0 spiro atoms. The highest BCUT2D eigenvalue weighted by Crippen LogP contribution is 2.30. The molecule has 4 aromatic carbocycles. The number of amides is 2. The maximum Gasteiger partial charge on any atom is 0.273 e. The van der Waals surface area contributed by atoms with Gasteiger partial charge in [-0.05, 0) is 66.9 Å². The number of hydrogen-bond donors (Lipinski definition) is 1. The third kappa shape index (κ3) is 9.58. The number of sulfonamides is 1. The smallest absolute Gasteiger partial charge is 0.273 e. The molecule has 0 radical (unpaired) electrons. The average Bonchev–Trinajstić information content (AvgIpc) is 3.10. The monoisotopic (exact) mass is 706 g/mol. The lowest BCUT2D eigenvalue weighted by molar-refractivity contribution is -0.385. The third-order valence-electron chi connectivity index (χ3n) is 7.97. The van der Waals surface area contributed by atoms with Crippen LogP contribution in [0.2, 0.25) is 5.02 Å². The topological polar surface area (TPSA) is 139 Å². The van der Waals surface area contributed by atoms with Crippen molar-refractivity contribution >= 4 is 44.8 Å². The highest BCUT2D eigenvalue weighted by molar-refractivity contribution is 7.92. The Hall–Kier alpha value is -4.94. The number of benzene rings is 4. The van der Waals surface area contributed by atoms with Crippen molar-refractivity contribution in [3.05, 3.63) is 129 Å². The largest absolute Gasteiger partial charge is 0.497 e. The molecule has 0 aliphatic rings. The molecule has 258 valence electrons. The molecule has 1 unspecified atom stereocenters. The molecule has 1 atom stereocenters. The fraction of sp³-hybridized carbons (Fsp3) is 0.278. The fourth-order valence-electron chi connectivity index (χ4n) is 5.20. The van der Waals surface area contributed by atoms with Crippen molar-refractivity contribution < 1.29 is 27.7 Å².